The molecule has 1 fully saturated rings. The van der Waals surface area contributed by atoms with Gasteiger partial charge < -0.3 is 10.2 Å². The molecule has 0 bridgehead atoms. The van der Waals surface area contributed by atoms with Gasteiger partial charge in [0.05, 0.1) is 0 Å². The third-order valence-corrected chi connectivity index (χ3v) is 4.97. The van der Waals surface area contributed by atoms with Gasteiger partial charge >= 0.3 is 0 Å². The molecule has 7 heteroatoms. The highest BCUT2D eigenvalue weighted by Crippen LogP contribution is 2.22. The van der Waals surface area contributed by atoms with E-state index in [1.165, 1.54) is 19.3 Å². The van der Waals surface area contributed by atoms with Crippen molar-refractivity contribution in [3.63, 3.8) is 0 Å². The lowest BCUT2D eigenvalue weighted by Crippen LogP contribution is -2.43. The number of nitrogens with one attached hydrogen (secondary N) is 1. The summed E-state index contributed by atoms with van der Waals surface area (Å²) in [6.07, 6.45) is 8.06. The predicted octanol–water partition coefficient (Wildman–Crippen LogP) is 2.43. The second-order valence-electron chi connectivity index (χ2n) is 6.99. The molecule has 2 aromatic heterocycles. The van der Waals surface area contributed by atoms with E-state index in [0.29, 0.717) is 0 Å². The molecular weight excluding hydrogens is 316 g/mol. The Kier molecular flexibility index (Phi) is 5.83. The molecule has 3 rings (SSSR count). The van der Waals surface area contributed by atoms with Crippen LogP contribution >= 0.6 is 0 Å². The van der Waals surface area contributed by atoms with Gasteiger partial charge in [0.1, 0.15) is 12.1 Å². The normalized spacial score (nSPS) is 17.0. The smallest absolute Gasteiger partial charge is 0.223 e. The summed E-state index contributed by atoms with van der Waals surface area (Å²) in [6, 6.07) is 4.17. The Morgan fingerprint density at radius 2 is 2.12 bits per heavy atom. The van der Waals surface area contributed by atoms with Crippen molar-refractivity contribution in [1.82, 2.24) is 25.1 Å². The lowest BCUT2D eigenvalue weighted by Gasteiger charge is -2.32. The summed E-state index contributed by atoms with van der Waals surface area (Å²) >= 11 is 0. The Labute approximate surface area is 148 Å². The minimum atomic E-state index is 0.114. The average Bonchev–Trinajstić information content (AvgIpc) is 3.09. The van der Waals surface area contributed by atoms with Gasteiger partial charge in [-0.1, -0.05) is 26.2 Å². The van der Waals surface area contributed by atoms with Crippen LogP contribution < -0.4 is 10.2 Å². The minimum absolute atomic E-state index is 0.114. The molecule has 2 aromatic rings. The van der Waals surface area contributed by atoms with Crippen LogP contribution in [0.3, 0.4) is 0 Å². The Balaban J connectivity index is 1.48. The van der Waals surface area contributed by atoms with Crippen LogP contribution in [0.25, 0.3) is 5.65 Å². The fourth-order valence-electron chi connectivity index (χ4n) is 3.39. The van der Waals surface area contributed by atoms with Gasteiger partial charge in [-0.15, -0.1) is 15.3 Å². The molecule has 1 unspecified atom stereocenters. The second-order valence-corrected chi connectivity index (χ2v) is 6.99. The van der Waals surface area contributed by atoms with Crippen molar-refractivity contribution in [2.45, 2.75) is 58.4 Å². The van der Waals surface area contributed by atoms with Gasteiger partial charge in [-0.3, -0.25) is 4.79 Å². The molecule has 0 radical (unpaired) electrons. The summed E-state index contributed by atoms with van der Waals surface area (Å²) in [5.74, 6) is 1.24. The topological polar surface area (TPSA) is 75.4 Å². The Bertz CT molecular complexity index is 692. The van der Waals surface area contributed by atoms with Crippen molar-refractivity contribution in [3.8, 4) is 0 Å². The first kappa shape index (κ1) is 17.6. The molecule has 1 aliphatic heterocycles. The highest BCUT2D eigenvalue weighted by Gasteiger charge is 2.26. The first-order valence-corrected chi connectivity index (χ1v) is 9.39. The Morgan fingerprint density at radius 3 is 2.88 bits per heavy atom. The van der Waals surface area contributed by atoms with Gasteiger partial charge in [-0.25, -0.2) is 0 Å². The van der Waals surface area contributed by atoms with E-state index in [2.05, 4.69) is 39.4 Å². The molecule has 136 valence electrons. The highest BCUT2D eigenvalue weighted by molar-refractivity contribution is 5.79. The number of amides is 1. The van der Waals surface area contributed by atoms with Crippen molar-refractivity contribution in [3.05, 3.63) is 18.5 Å². The number of fused-ring (bicyclic) bond motifs is 1. The number of hydrogen-bond donors (Lipinski definition) is 1. The van der Waals surface area contributed by atoms with E-state index in [-0.39, 0.29) is 17.9 Å². The molecule has 1 atom stereocenters. The van der Waals surface area contributed by atoms with Crippen LogP contribution in [-0.4, -0.2) is 44.8 Å². The van der Waals surface area contributed by atoms with E-state index in [1.54, 1.807) is 10.8 Å². The number of piperidine rings is 1. The van der Waals surface area contributed by atoms with Gasteiger partial charge in [0.25, 0.3) is 0 Å². The fourth-order valence-corrected chi connectivity index (χ4v) is 3.39. The van der Waals surface area contributed by atoms with E-state index < -0.39 is 0 Å². The van der Waals surface area contributed by atoms with Crippen molar-refractivity contribution in [1.29, 1.82) is 0 Å². The summed E-state index contributed by atoms with van der Waals surface area (Å²) in [6.45, 7) is 6.01. The first-order valence-electron chi connectivity index (χ1n) is 9.39. The molecule has 1 aliphatic rings. The van der Waals surface area contributed by atoms with E-state index >= 15 is 0 Å². The molecule has 1 N–H and O–H groups in total. The van der Waals surface area contributed by atoms with Gasteiger partial charge in [-0.05, 0) is 38.3 Å². The molecule has 25 heavy (non-hydrogen) atoms. The van der Waals surface area contributed by atoms with Crippen LogP contribution in [0.1, 0.15) is 52.4 Å². The minimum Gasteiger partial charge on any atom is -0.355 e. The van der Waals surface area contributed by atoms with Crippen LogP contribution in [0.15, 0.2) is 18.5 Å². The van der Waals surface area contributed by atoms with Gasteiger partial charge in [0.15, 0.2) is 5.65 Å². The second kappa shape index (κ2) is 8.27. The summed E-state index contributed by atoms with van der Waals surface area (Å²) in [5, 5.41) is 15.6. The maximum absolute atomic E-state index is 12.5. The van der Waals surface area contributed by atoms with E-state index in [4.69, 9.17) is 0 Å². The first-order chi connectivity index (χ1) is 12.2. The molecule has 3 heterocycles. The largest absolute Gasteiger partial charge is 0.355 e. The van der Waals surface area contributed by atoms with Crippen molar-refractivity contribution < 1.29 is 4.79 Å². The summed E-state index contributed by atoms with van der Waals surface area (Å²) < 4.78 is 1.69. The lowest BCUT2D eigenvalue weighted by molar-refractivity contribution is -0.126. The molecule has 1 amide bonds. The quantitative estimate of drug-likeness (QED) is 0.781. The number of hydrogen-bond acceptors (Lipinski definition) is 5. The highest BCUT2D eigenvalue weighted by atomic mass is 16.1. The number of nitrogens with zero attached hydrogens (tertiary/aromatic N) is 5. The standard InChI is InChI=1S/C18H28N6O/c1-3-4-5-6-14(2)20-18(25)15-9-11-23(12-10-15)17-8-7-16-21-19-13-24(16)22-17/h7-8,13-15H,3-6,9-12H2,1-2H3,(H,20,25). The number of carbonyl (C=O) groups excluding carboxylic acids is 1. The zero-order valence-electron chi connectivity index (χ0n) is 15.2. The van der Waals surface area contributed by atoms with Gasteiger partial charge in [0.2, 0.25) is 5.91 Å². The SMILES string of the molecule is CCCCCC(C)NC(=O)C1CCN(c2ccc3nncn3n2)CC1. The van der Waals surface area contributed by atoms with Crippen molar-refractivity contribution in [2.24, 2.45) is 5.92 Å². The Hall–Kier alpha value is -2.18. The molecule has 0 aliphatic carbocycles. The lowest BCUT2D eigenvalue weighted by atomic mass is 9.95. The van der Waals surface area contributed by atoms with Crippen molar-refractivity contribution >= 4 is 17.4 Å². The number of rotatable bonds is 7. The van der Waals surface area contributed by atoms with E-state index in [1.807, 2.05) is 12.1 Å². The average molecular weight is 344 g/mol. The summed E-state index contributed by atoms with van der Waals surface area (Å²) in [5.41, 5.74) is 0.745. The molecule has 1 saturated heterocycles. The molecular formula is C18H28N6O. The van der Waals surface area contributed by atoms with Gasteiger partial charge in [0, 0.05) is 25.0 Å². The summed E-state index contributed by atoms with van der Waals surface area (Å²) in [4.78, 5) is 14.7. The maximum atomic E-state index is 12.5. The molecule has 7 nitrogen and oxygen atoms in total. The predicted molar refractivity (Wildman–Crippen MR) is 97.5 cm³/mol. The van der Waals surface area contributed by atoms with Crippen LogP contribution in [0.5, 0.6) is 0 Å². The maximum Gasteiger partial charge on any atom is 0.223 e. The fraction of sp³-hybridized carbons (Fsp3) is 0.667. The molecule has 0 spiro atoms. The molecule has 0 aromatic carbocycles. The number of unbranched alkanes of at least 4 members (excludes halogenated alkanes) is 2. The van der Waals surface area contributed by atoms with E-state index in [0.717, 1.165) is 43.8 Å². The third-order valence-electron chi connectivity index (χ3n) is 4.97. The van der Waals surface area contributed by atoms with Crippen LogP contribution in [0.4, 0.5) is 5.82 Å². The van der Waals surface area contributed by atoms with Crippen LogP contribution in [-0.2, 0) is 4.79 Å². The molecule has 0 saturated carbocycles. The number of anilines is 1. The van der Waals surface area contributed by atoms with Crippen LogP contribution in [0, 0.1) is 5.92 Å². The van der Waals surface area contributed by atoms with Crippen LogP contribution in [0.2, 0.25) is 0 Å². The zero-order valence-corrected chi connectivity index (χ0v) is 15.2. The Morgan fingerprint density at radius 1 is 1.32 bits per heavy atom. The van der Waals surface area contributed by atoms with Crippen molar-refractivity contribution in [2.75, 3.05) is 18.0 Å². The number of aromatic nitrogens is 4. The third kappa shape index (κ3) is 4.46. The monoisotopic (exact) mass is 344 g/mol. The van der Waals surface area contributed by atoms with E-state index in [9.17, 15) is 4.79 Å². The zero-order chi connectivity index (χ0) is 17.6. The number of carbonyl (C=O) groups is 1. The van der Waals surface area contributed by atoms with Gasteiger partial charge in [-0.2, -0.15) is 4.52 Å². The summed E-state index contributed by atoms with van der Waals surface area (Å²) in [7, 11) is 0.